The molecule has 1 aromatic carbocycles. The Morgan fingerprint density at radius 3 is 2.50 bits per heavy atom. The summed E-state index contributed by atoms with van der Waals surface area (Å²) in [6.45, 7) is 4.93. The Morgan fingerprint density at radius 1 is 1.45 bits per heavy atom. The first-order valence-electron chi connectivity index (χ1n) is 6.15. The molecule has 0 heterocycles. The van der Waals surface area contributed by atoms with Gasteiger partial charge in [-0.2, -0.15) is 0 Å². The third-order valence-corrected chi connectivity index (χ3v) is 3.83. The van der Waals surface area contributed by atoms with E-state index in [0.29, 0.717) is 0 Å². The molecule has 1 rings (SSSR count). The van der Waals surface area contributed by atoms with E-state index in [2.05, 4.69) is 5.32 Å². The number of benzene rings is 1. The number of amides is 1. The van der Waals surface area contributed by atoms with Gasteiger partial charge in [0.2, 0.25) is 5.91 Å². The van der Waals surface area contributed by atoms with Gasteiger partial charge < -0.3 is 10.4 Å². The summed E-state index contributed by atoms with van der Waals surface area (Å²) in [5, 5.41) is 11.7. The molecule has 6 heteroatoms. The molecule has 0 aliphatic heterocycles. The van der Waals surface area contributed by atoms with Crippen molar-refractivity contribution in [1.29, 1.82) is 0 Å². The number of carbonyl (C=O) groups is 2. The molecular weight excluding hydrogens is 285 g/mol. The lowest BCUT2D eigenvalue weighted by Crippen LogP contribution is -2.37. The monoisotopic (exact) mass is 301 g/mol. The van der Waals surface area contributed by atoms with Crippen molar-refractivity contribution in [3.63, 3.8) is 0 Å². The standard InChI is InChI=1S/C14H17ClFNO3/c1-8(2)14(3,13(19)20)7-11(18)17-12-9(15)5-4-6-10(12)16/h4-6,8H,7H2,1-3H3,(H,17,18)(H,19,20). The first-order chi connectivity index (χ1) is 9.18. The summed E-state index contributed by atoms with van der Waals surface area (Å²) in [4.78, 5) is 23.2. The molecule has 0 aromatic heterocycles. The summed E-state index contributed by atoms with van der Waals surface area (Å²) in [6.07, 6.45) is -0.259. The van der Waals surface area contributed by atoms with Gasteiger partial charge in [-0.05, 0) is 25.0 Å². The zero-order valence-corrected chi connectivity index (χ0v) is 12.3. The smallest absolute Gasteiger partial charge is 0.310 e. The zero-order chi connectivity index (χ0) is 15.5. The van der Waals surface area contributed by atoms with E-state index in [-0.39, 0.29) is 23.0 Å². The highest BCUT2D eigenvalue weighted by atomic mass is 35.5. The lowest BCUT2D eigenvalue weighted by atomic mass is 9.76. The number of aliphatic carboxylic acids is 1. The number of para-hydroxylation sites is 1. The second kappa shape index (κ2) is 6.22. The van der Waals surface area contributed by atoms with E-state index >= 15 is 0 Å². The number of carbonyl (C=O) groups excluding carboxylic acids is 1. The maximum Gasteiger partial charge on any atom is 0.310 e. The van der Waals surface area contributed by atoms with Crippen molar-refractivity contribution in [2.75, 3.05) is 5.32 Å². The summed E-state index contributed by atoms with van der Waals surface area (Å²) in [7, 11) is 0. The Hall–Kier alpha value is -1.62. The minimum absolute atomic E-state index is 0.0694. The molecule has 2 N–H and O–H groups in total. The molecule has 1 unspecified atom stereocenters. The first kappa shape index (κ1) is 16.4. The average Bonchev–Trinajstić information content (AvgIpc) is 2.33. The molecule has 0 saturated carbocycles. The fourth-order valence-corrected chi connectivity index (χ4v) is 1.87. The maximum atomic E-state index is 13.5. The zero-order valence-electron chi connectivity index (χ0n) is 11.5. The molecule has 0 aliphatic carbocycles. The Morgan fingerprint density at radius 2 is 2.05 bits per heavy atom. The number of rotatable bonds is 5. The van der Waals surface area contributed by atoms with Crippen LogP contribution in [0.4, 0.5) is 10.1 Å². The summed E-state index contributed by atoms with van der Waals surface area (Å²) in [5.74, 6) is -2.56. The number of hydrogen-bond acceptors (Lipinski definition) is 2. The molecule has 0 aliphatic rings. The highest BCUT2D eigenvalue weighted by Crippen LogP contribution is 2.32. The normalized spacial score (nSPS) is 13.9. The summed E-state index contributed by atoms with van der Waals surface area (Å²) >= 11 is 5.80. The average molecular weight is 302 g/mol. The predicted molar refractivity (Wildman–Crippen MR) is 75.2 cm³/mol. The van der Waals surface area contributed by atoms with Crippen LogP contribution in [-0.4, -0.2) is 17.0 Å². The fourth-order valence-electron chi connectivity index (χ4n) is 1.66. The van der Waals surface area contributed by atoms with Gasteiger partial charge in [0.1, 0.15) is 5.82 Å². The quantitative estimate of drug-likeness (QED) is 0.874. The number of anilines is 1. The SMILES string of the molecule is CC(C)C(C)(CC(=O)Nc1c(F)cccc1Cl)C(=O)O. The molecule has 0 fully saturated rings. The first-order valence-corrected chi connectivity index (χ1v) is 6.53. The second-order valence-corrected chi connectivity index (χ2v) is 5.61. The molecule has 0 radical (unpaired) electrons. The van der Waals surface area contributed by atoms with Crippen LogP contribution >= 0.6 is 11.6 Å². The Kier molecular flexibility index (Phi) is 5.11. The van der Waals surface area contributed by atoms with Crippen LogP contribution in [0.2, 0.25) is 5.02 Å². The van der Waals surface area contributed by atoms with Gasteiger partial charge in [-0.25, -0.2) is 4.39 Å². The largest absolute Gasteiger partial charge is 0.481 e. The van der Waals surface area contributed by atoms with Crippen LogP contribution in [-0.2, 0) is 9.59 Å². The van der Waals surface area contributed by atoms with Gasteiger partial charge in [0.25, 0.3) is 0 Å². The lowest BCUT2D eigenvalue weighted by Gasteiger charge is -2.28. The van der Waals surface area contributed by atoms with E-state index in [4.69, 9.17) is 11.6 Å². The van der Waals surface area contributed by atoms with Crippen molar-refractivity contribution in [1.82, 2.24) is 0 Å². The molecule has 0 spiro atoms. The van der Waals surface area contributed by atoms with Gasteiger partial charge in [0.05, 0.1) is 16.1 Å². The van der Waals surface area contributed by atoms with Gasteiger partial charge in [0.15, 0.2) is 0 Å². The van der Waals surface area contributed by atoms with E-state index in [1.807, 2.05) is 0 Å². The van der Waals surface area contributed by atoms with Crippen molar-refractivity contribution in [2.45, 2.75) is 27.2 Å². The van der Waals surface area contributed by atoms with E-state index in [1.165, 1.54) is 25.1 Å². The number of carboxylic acids is 1. The Bertz CT molecular complexity index is 513. The summed E-state index contributed by atoms with van der Waals surface area (Å²) < 4.78 is 13.5. The van der Waals surface area contributed by atoms with Gasteiger partial charge in [-0.3, -0.25) is 9.59 Å². The topological polar surface area (TPSA) is 66.4 Å². The molecular formula is C14H17ClFNO3. The molecule has 1 amide bonds. The minimum Gasteiger partial charge on any atom is -0.481 e. The van der Waals surface area contributed by atoms with Crippen molar-refractivity contribution >= 4 is 29.2 Å². The van der Waals surface area contributed by atoms with Crippen LogP contribution in [0.5, 0.6) is 0 Å². The Balaban J connectivity index is 2.90. The molecule has 0 saturated heterocycles. The van der Waals surface area contributed by atoms with Crippen LogP contribution in [0.3, 0.4) is 0 Å². The van der Waals surface area contributed by atoms with E-state index in [1.54, 1.807) is 13.8 Å². The van der Waals surface area contributed by atoms with E-state index in [9.17, 15) is 19.1 Å². The van der Waals surface area contributed by atoms with Gasteiger partial charge in [-0.15, -0.1) is 0 Å². The van der Waals surface area contributed by atoms with Crippen molar-refractivity contribution < 1.29 is 19.1 Å². The van der Waals surface area contributed by atoms with Crippen LogP contribution < -0.4 is 5.32 Å². The predicted octanol–water partition coefficient (Wildman–Crippen LogP) is 3.55. The fraction of sp³-hybridized carbons (Fsp3) is 0.429. The molecule has 110 valence electrons. The van der Waals surface area contributed by atoms with E-state index in [0.717, 1.165) is 0 Å². The second-order valence-electron chi connectivity index (χ2n) is 5.20. The molecule has 4 nitrogen and oxygen atoms in total. The Labute approximate surface area is 121 Å². The van der Waals surface area contributed by atoms with E-state index < -0.39 is 23.1 Å². The van der Waals surface area contributed by atoms with Gasteiger partial charge >= 0.3 is 5.97 Å². The highest BCUT2D eigenvalue weighted by molar-refractivity contribution is 6.33. The lowest BCUT2D eigenvalue weighted by molar-refractivity contribution is -0.153. The third-order valence-electron chi connectivity index (χ3n) is 3.52. The molecule has 0 bridgehead atoms. The van der Waals surface area contributed by atoms with Crippen molar-refractivity contribution in [3.05, 3.63) is 29.0 Å². The third kappa shape index (κ3) is 3.48. The van der Waals surface area contributed by atoms with Gasteiger partial charge in [0, 0.05) is 6.42 Å². The maximum absolute atomic E-state index is 13.5. The number of carboxylic acid groups (broad SMARTS) is 1. The molecule has 1 atom stereocenters. The van der Waals surface area contributed by atoms with Gasteiger partial charge in [-0.1, -0.05) is 31.5 Å². The number of hydrogen-bond donors (Lipinski definition) is 2. The minimum atomic E-state index is -1.22. The highest BCUT2D eigenvalue weighted by Gasteiger charge is 2.39. The number of halogens is 2. The van der Waals surface area contributed by atoms with Crippen LogP contribution in [0.15, 0.2) is 18.2 Å². The van der Waals surface area contributed by atoms with Crippen molar-refractivity contribution in [3.8, 4) is 0 Å². The summed E-state index contributed by atoms with van der Waals surface area (Å²) in [6, 6.07) is 4.03. The van der Waals surface area contributed by atoms with Crippen LogP contribution in [0, 0.1) is 17.2 Å². The van der Waals surface area contributed by atoms with Crippen LogP contribution in [0.1, 0.15) is 27.2 Å². The van der Waals surface area contributed by atoms with Crippen LogP contribution in [0.25, 0.3) is 0 Å². The molecule has 20 heavy (non-hydrogen) atoms. The number of nitrogens with one attached hydrogen (secondary N) is 1. The summed E-state index contributed by atoms with van der Waals surface area (Å²) in [5.41, 5.74) is -1.35. The van der Waals surface area contributed by atoms with Crippen molar-refractivity contribution in [2.24, 2.45) is 11.3 Å². The molecule has 1 aromatic rings.